The molecule has 6 aliphatic rings. The number of allylic oxidation sites excluding steroid dienone is 1. The molecule has 0 spiro atoms. The Bertz CT molecular complexity index is 1410. The molecule has 4 aliphatic carbocycles. The van der Waals surface area contributed by atoms with Crippen molar-refractivity contribution in [2.75, 3.05) is 26.2 Å². The maximum absolute atomic E-state index is 15.2. The van der Waals surface area contributed by atoms with Gasteiger partial charge in [-0.1, -0.05) is 63.1 Å². The minimum absolute atomic E-state index is 0. The van der Waals surface area contributed by atoms with Gasteiger partial charge in [0, 0.05) is 30.6 Å². The highest BCUT2D eigenvalue weighted by atomic mass is 35.5. The molecule has 1 unspecified atom stereocenters. The smallest absolute Gasteiger partial charge is 0.342 e. The number of esters is 2. The van der Waals surface area contributed by atoms with E-state index in [4.69, 9.17) is 18.9 Å². The summed E-state index contributed by atoms with van der Waals surface area (Å²) in [6.45, 7) is 14.9. The number of cyclic esters (lactones) is 1. The van der Waals surface area contributed by atoms with Gasteiger partial charge in [-0.2, -0.15) is 0 Å². The molecular weight excluding hydrogens is 594 g/mol. The Hall–Kier alpha value is -2.52. The molecule has 4 fully saturated rings. The van der Waals surface area contributed by atoms with Gasteiger partial charge in [-0.05, 0) is 61.8 Å². The summed E-state index contributed by atoms with van der Waals surface area (Å²) >= 11 is 0. The molecule has 0 amide bonds. The third-order valence-electron chi connectivity index (χ3n) is 12.2. The predicted molar refractivity (Wildman–Crippen MR) is 169 cm³/mol. The van der Waals surface area contributed by atoms with Crippen molar-refractivity contribution < 1.29 is 33.3 Å². The van der Waals surface area contributed by atoms with Crippen LogP contribution in [0.1, 0.15) is 75.6 Å². The summed E-state index contributed by atoms with van der Waals surface area (Å²) in [5.74, 6) is -0.144. The average molecular weight is 640 g/mol. The van der Waals surface area contributed by atoms with Gasteiger partial charge >= 0.3 is 11.9 Å². The number of benzene rings is 1. The van der Waals surface area contributed by atoms with Crippen molar-refractivity contribution in [3.63, 3.8) is 0 Å². The van der Waals surface area contributed by atoms with E-state index in [1.807, 2.05) is 19.1 Å². The first kappa shape index (κ1) is 32.4. The lowest BCUT2D eigenvalue weighted by Gasteiger charge is -2.59. The predicted octanol–water partition coefficient (Wildman–Crippen LogP) is 5.91. The Morgan fingerprint density at radius 3 is 2.69 bits per heavy atom. The summed E-state index contributed by atoms with van der Waals surface area (Å²) < 4.78 is 25.0. The van der Waals surface area contributed by atoms with Crippen LogP contribution in [0.15, 0.2) is 48.6 Å². The van der Waals surface area contributed by atoms with Gasteiger partial charge in [0.15, 0.2) is 6.29 Å². The van der Waals surface area contributed by atoms with Crippen LogP contribution in [0.25, 0.3) is 0 Å². The molecule has 0 N–H and O–H groups in total. The van der Waals surface area contributed by atoms with Crippen LogP contribution in [-0.4, -0.2) is 61.8 Å². The number of carbonyl (C=O) groups excluding carboxylic acids is 3. The monoisotopic (exact) mass is 639 g/mol. The summed E-state index contributed by atoms with van der Waals surface area (Å²) in [5, 5.41) is 0. The third-order valence-corrected chi connectivity index (χ3v) is 12.2. The van der Waals surface area contributed by atoms with Crippen molar-refractivity contribution in [1.82, 2.24) is 4.90 Å². The minimum Gasteiger partial charge on any atom is -0.420 e. The van der Waals surface area contributed by atoms with E-state index in [1.54, 1.807) is 18.2 Å². The van der Waals surface area contributed by atoms with E-state index in [9.17, 15) is 9.59 Å². The molecule has 2 heterocycles. The summed E-state index contributed by atoms with van der Waals surface area (Å²) in [5.41, 5.74) is -0.913. The molecule has 244 valence electrons. The number of rotatable bonds is 9. The van der Waals surface area contributed by atoms with Gasteiger partial charge in [0.25, 0.3) is 6.29 Å². The van der Waals surface area contributed by atoms with Crippen molar-refractivity contribution in [3.05, 3.63) is 59.7 Å². The topological polar surface area (TPSA) is 91.4 Å². The number of fused-ring (bicyclic) bond motifs is 3. The van der Waals surface area contributed by atoms with E-state index in [-0.39, 0.29) is 42.9 Å². The SMILES string of the molecule is C=CCN1C[C@H](OC[C@@]23C[C@@H]4[C@H](C)CC[C@H]4[C@@]4(C=O)C[C@H]2C=C(C(C)C)[C@@]34C(=O)OC2OC(=O)c3ccccc32)O[C@H](C)C1.Cl. The fourth-order valence-electron chi connectivity index (χ4n) is 10.7. The highest BCUT2D eigenvalue weighted by Gasteiger charge is 2.85. The highest BCUT2D eigenvalue weighted by Crippen LogP contribution is 2.83. The molecule has 0 radical (unpaired) electrons. The second kappa shape index (κ2) is 11.6. The van der Waals surface area contributed by atoms with Crippen LogP contribution in [0.2, 0.25) is 0 Å². The molecule has 1 aromatic carbocycles. The van der Waals surface area contributed by atoms with Gasteiger partial charge in [0.1, 0.15) is 11.7 Å². The molecule has 7 rings (SSSR count). The number of aldehydes is 1. The molecule has 0 aromatic heterocycles. The van der Waals surface area contributed by atoms with Crippen molar-refractivity contribution in [2.24, 2.45) is 45.8 Å². The zero-order valence-corrected chi connectivity index (χ0v) is 27.6. The van der Waals surface area contributed by atoms with Crippen molar-refractivity contribution in [1.29, 1.82) is 0 Å². The van der Waals surface area contributed by atoms with Gasteiger partial charge in [-0.3, -0.25) is 9.69 Å². The van der Waals surface area contributed by atoms with E-state index < -0.39 is 40.8 Å². The average Bonchev–Trinajstić information content (AvgIpc) is 3.66. The van der Waals surface area contributed by atoms with Crippen molar-refractivity contribution in [3.8, 4) is 0 Å². The summed E-state index contributed by atoms with van der Waals surface area (Å²) in [6, 6.07) is 7.03. The van der Waals surface area contributed by atoms with Gasteiger partial charge in [0.2, 0.25) is 0 Å². The number of hydrogen-bond acceptors (Lipinski definition) is 8. The number of ether oxygens (including phenoxy) is 4. The van der Waals surface area contributed by atoms with Crippen LogP contribution < -0.4 is 0 Å². The largest absolute Gasteiger partial charge is 0.420 e. The first-order chi connectivity index (χ1) is 21.1. The second-order valence-corrected chi connectivity index (χ2v) is 14.6. The molecule has 9 heteroatoms. The number of morpholine rings is 1. The van der Waals surface area contributed by atoms with Crippen molar-refractivity contribution in [2.45, 2.75) is 72.1 Å². The van der Waals surface area contributed by atoms with E-state index in [2.05, 4.69) is 38.3 Å². The van der Waals surface area contributed by atoms with Crippen molar-refractivity contribution >= 4 is 30.6 Å². The standard InChI is InChI=1S/C36H45NO7.ClH/c1-6-13-37-17-23(5)42-30(18-37)41-20-35-16-27-22(4)11-12-28(27)34(19-38)15-24(35)14-29(21(2)3)36(34,35)33(40)44-32-26-10-8-7-9-25(26)31(39)43-32;/h6-10,14,19,21-24,27-28,30,32H,1,11-13,15-18,20H2,2-5H3;1H/t22-,23-,24-,27-,28-,30-,32?,34+,35+,36+;/m1./s1. The Morgan fingerprint density at radius 2 is 1.96 bits per heavy atom. The summed E-state index contributed by atoms with van der Waals surface area (Å²) in [7, 11) is 0. The van der Waals surface area contributed by atoms with Crippen LogP contribution in [0.3, 0.4) is 0 Å². The first-order valence-corrected chi connectivity index (χ1v) is 16.4. The third kappa shape index (κ3) is 4.38. The molecular formula is C36H46ClNO7. The van der Waals surface area contributed by atoms with E-state index in [0.717, 1.165) is 44.2 Å². The molecule has 3 saturated carbocycles. The van der Waals surface area contributed by atoms with Gasteiger partial charge in [0.05, 0.1) is 23.7 Å². The van der Waals surface area contributed by atoms with Crippen LogP contribution in [-0.2, 0) is 28.5 Å². The Morgan fingerprint density at radius 1 is 1.18 bits per heavy atom. The summed E-state index contributed by atoms with van der Waals surface area (Å²) in [6.07, 6.45) is 6.99. The Balaban J connectivity index is 0.00000357. The lowest BCUT2D eigenvalue weighted by atomic mass is 9.43. The van der Waals surface area contributed by atoms with Crippen LogP contribution >= 0.6 is 12.4 Å². The Labute approximate surface area is 272 Å². The molecule has 45 heavy (non-hydrogen) atoms. The van der Waals surface area contributed by atoms with E-state index >= 15 is 4.79 Å². The zero-order valence-electron chi connectivity index (χ0n) is 26.7. The maximum Gasteiger partial charge on any atom is 0.342 e. The van der Waals surface area contributed by atoms with Crippen LogP contribution in [0.4, 0.5) is 0 Å². The molecule has 2 aliphatic heterocycles. The van der Waals surface area contributed by atoms with Crippen LogP contribution in [0, 0.1) is 45.8 Å². The number of hydrogen-bond donors (Lipinski definition) is 0. The van der Waals surface area contributed by atoms with E-state index in [1.165, 1.54) is 0 Å². The lowest BCUT2D eigenvalue weighted by Crippen LogP contribution is -2.64. The quantitative estimate of drug-likeness (QED) is 0.187. The maximum atomic E-state index is 15.2. The van der Waals surface area contributed by atoms with Gasteiger partial charge in [-0.15, -0.1) is 19.0 Å². The molecule has 1 aromatic rings. The highest BCUT2D eigenvalue weighted by molar-refractivity contribution is 5.95. The molecule has 10 atom stereocenters. The molecule has 8 nitrogen and oxygen atoms in total. The zero-order chi connectivity index (χ0) is 31.0. The summed E-state index contributed by atoms with van der Waals surface area (Å²) in [4.78, 5) is 43.9. The lowest BCUT2D eigenvalue weighted by molar-refractivity contribution is -0.240. The fourth-order valence-corrected chi connectivity index (χ4v) is 10.7. The van der Waals surface area contributed by atoms with Crippen LogP contribution in [0.5, 0.6) is 0 Å². The molecule has 4 bridgehead atoms. The Kier molecular flexibility index (Phi) is 8.37. The second-order valence-electron chi connectivity index (χ2n) is 14.6. The van der Waals surface area contributed by atoms with E-state index in [0.29, 0.717) is 35.9 Å². The number of halogens is 1. The normalized spacial score (nSPS) is 41.1. The molecule has 1 saturated heterocycles. The number of carbonyl (C=O) groups is 3. The fraction of sp³-hybridized carbons (Fsp3) is 0.639. The number of nitrogens with zero attached hydrogens (tertiary/aromatic N) is 1. The van der Waals surface area contributed by atoms with Gasteiger partial charge < -0.3 is 23.7 Å². The minimum atomic E-state index is -1.23. The van der Waals surface area contributed by atoms with Gasteiger partial charge in [-0.25, -0.2) is 4.79 Å². The first-order valence-electron chi connectivity index (χ1n) is 16.4.